The third-order valence-corrected chi connectivity index (χ3v) is 8.31. The zero-order valence-electron chi connectivity index (χ0n) is 30.4. The Bertz CT molecular complexity index is 921. The van der Waals surface area contributed by atoms with Crippen LogP contribution in [0.4, 0.5) is 0 Å². The van der Waals surface area contributed by atoms with E-state index in [-0.39, 0.29) is 19.4 Å². The molecular weight excluding hydrogens is 627 g/mol. The van der Waals surface area contributed by atoms with Crippen molar-refractivity contribution >= 4 is 19.8 Å². The molecule has 0 spiro atoms. The van der Waals surface area contributed by atoms with Gasteiger partial charge in [-0.3, -0.25) is 14.1 Å². The summed E-state index contributed by atoms with van der Waals surface area (Å²) in [4.78, 5) is 42.7. The van der Waals surface area contributed by atoms with Gasteiger partial charge in [-0.25, -0.2) is 4.57 Å². The molecule has 0 aliphatic heterocycles. The molecule has 0 fully saturated rings. The molecule has 0 saturated carbocycles. The fraction of sp³-hybridized carbons (Fsp3) is 0.744. The van der Waals surface area contributed by atoms with Gasteiger partial charge >= 0.3 is 19.8 Å². The fourth-order valence-electron chi connectivity index (χ4n) is 4.96. The molecule has 0 amide bonds. The van der Waals surface area contributed by atoms with Crippen LogP contribution in [0.5, 0.6) is 0 Å². The van der Waals surface area contributed by atoms with Crippen molar-refractivity contribution in [3.05, 3.63) is 48.6 Å². The Morgan fingerprint density at radius 1 is 0.542 bits per heavy atom. The predicted molar refractivity (Wildman–Crippen MR) is 198 cm³/mol. The largest absolute Gasteiger partial charge is 0.469 e. The maximum atomic E-state index is 12.4. The lowest BCUT2D eigenvalue weighted by molar-refractivity contribution is -0.161. The topological polar surface area (TPSA) is 119 Å². The lowest BCUT2D eigenvalue weighted by atomic mass is 10.1. The van der Waals surface area contributed by atoms with Crippen LogP contribution in [0.15, 0.2) is 48.6 Å². The summed E-state index contributed by atoms with van der Waals surface area (Å²) in [7, 11) is -4.76. The number of hydrogen-bond donors (Lipinski definition) is 2. The number of phosphoric ester groups is 1. The number of carbonyl (C=O) groups excluding carboxylic acids is 2. The maximum absolute atomic E-state index is 12.4. The number of ether oxygens (including phenoxy) is 2. The smallest absolute Gasteiger partial charge is 0.462 e. The Kier molecular flexibility index (Phi) is 33.4. The minimum absolute atomic E-state index is 0.191. The highest BCUT2D eigenvalue weighted by Crippen LogP contribution is 2.36. The zero-order chi connectivity index (χ0) is 35.4. The van der Waals surface area contributed by atoms with Gasteiger partial charge in [0.1, 0.15) is 6.61 Å². The van der Waals surface area contributed by atoms with Gasteiger partial charge in [0.2, 0.25) is 0 Å². The SMILES string of the molecule is CCCCC/C=C/C/C=C/CCCCCCCC(=O)OC[C@H](COP(=O)(O)O)OC(=O)CCCCCCC/C=C/C/C=C/CCCCC. The van der Waals surface area contributed by atoms with E-state index >= 15 is 0 Å². The van der Waals surface area contributed by atoms with E-state index in [1.165, 1.54) is 51.4 Å². The minimum atomic E-state index is -4.76. The summed E-state index contributed by atoms with van der Waals surface area (Å²) in [6, 6.07) is 0. The molecule has 0 rings (SSSR count). The minimum Gasteiger partial charge on any atom is -0.462 e. The van der Waals surface area contributed by atoms with Crippen molar-refractivity contribution in [2.24, 2.45) is 0 Å². The van der Waals surface area contributed by atoms with Crippen LogP contribution in [-0.2, 0) is 28.2 Å². The Morgan fingerprint density at radius 3 is 1.38 bits per heavy atom. The van der Waals surface area contributed by atoms with E-state index < -0.39 is 32.5 Å². The second-order valence-corrected chi connectivity index (χ2v) is 13.8. The Hall–Kier alpha value is -1.99. The number of esters is 2. The number of phosphoric acid groups is 1. The molecule has 0 radical (unpaired) electrons. The van der Waals surface area contributed by atoms with E-state index in [4.69, 9.17) is 19.3 Å². The van der Waals surface area contributed by atoms with Crippen molar-refractivity contribution in [1.29, 1.82) is 0 Å². The normalized spacial score (nSPS) is 13.0. The van der Waals surface area contributed by atoms with Gasteiger partial charge in [0.15, 0.2) is 6.10 Å². The first-order valence-electron chi connectivity index (χ1n) is 18.9. The molecule has 0 saturated heterocycles. The molecule has 48 heavy (non-hydrogen) atoms. The van der Waals surface area contributed by atoms with E-state index in [2.05, 4.69) is 67.0 Å². The van der Waals surface area contributed by atoms with Crippen LogP contribution in [0.1, 0.15) is 168 Å². The lowest BCUT2D eigenvalue weighted by Crippen LogP contribution is -2.29. The van der Waals surface area contributed by atoms with Crippen molar-refractivity contribution in [2.45, 2.75) is 174 Å². The first kappa shape index (κ1) is 46.0. The van der Waals surface area contributed by atoms with E-state index in [1.807, 2.05) is 0 Å². The van der Waals surface area contributed by atoms with E-state index in [0.29, 0.717) is 12.8 Å². The Balaban J connectivity index is 4.03. The molecule has 0 aromatic carbocycles. The molecule has 0 heterocycles. The Morgan fingerprint density at radius 2 is 0.938 bits per heavy atom. The van der Waals surface area contributed by atoms with Gasteiger partial charge < -0.3 is 19.3 Å². The molecule has 0 aromatic rings. The number of hydrogen-bond acceptors (Lipinski definition) is 6. The average Bonchev–Trinajstić information content (AvgIpc) is 3.05. The molecule has 0 unspecified atom stereocenters. The highest BCUT2D eigenvalue weighted by Gasteiger charge is 2.22. The van der Waals surface area contributed by atoms with Crippen molar-refractivity contribution in [2.75, 3.05) is 13.2 Å². The molecule has 0 aromatic heterocycles. The summed E-state index contributed by atoms with van der Waals surface area (Å²) in [6.07, 6.45) is 41.1. The van der Waals surface area contributed by atoms with Crippen LogP contribution in [0.2, 0.25) is 0 Å². The first-order chi connectivity index (χ1) is 23.3. The number of unbranched alkanes of at least 4 members (excludes halogenated alkanes) is 16. The molecule has 1 atom stereocenters. The van der Waals surface area contributed by atoms with E-state index in [9.17, 15) is 14.2 Å². The first-order valence-corrected chi connectivity index (χ1v) is 20.5. The van der Waals surface area contributed by atoms with Crippen molar-refractivity contribution in [1.82, 2.24) is 0 Å². The molecule has 0 aliphatic rings. The summed E-state index contributed by atoms with van der Waals surface area (Å²) in [5.41, 5.74) is 0. The van der Waals surface area contributed by atoms with Crippen LogP contribution >= 0.6 is 7.82 Å². The summed E-state index contributed by atoms with van der Waals surface area (Å²) in [5.74, 6) is -0.920. The predicted octanol–water partition coefficient (Wildman–Crippen LogP) is 11.2. The maximum Gasteiger partial charge on any atom is 0.469 e. The van der Waals surface area contributed by atoms with Crippen LogP contribution in [0.3, 0.4) is 0 Å². The molecule has 2 N–H and O–H groups in total. The molecule has 0 aliphatic carbocycles. The highest BCUT2D eigenvalue weighted by molar-refractivity contribution is 7.46. The summed E-state index contributed by atoms with van der Waals surface area (Å²) in [6.45, 7) is 3.59. The standard InChI is InChI=1S/C39H69O8P/c1-3-5-7-9-11-13-15-17-19-21-23-25-27-29-31-33-38(40)45-35-37(36-46-48(42,43)44)47-39(41)34-32-30-28-26-24-22-20-18-16-14-12-10-8-6-4-2/h11-14,17-20,37H,3-10,15-16,21-36H2,1-2H3,(H2,42,43,44)/b13-11+,14-12+,19-17+,20-18+/t37-/m1/s1. The summed E-state index contributed by atoms with van der Waals surface area (Å²) in [5, 5.41) is 0. The van der Waals surface area contributed by atoms with Gasteiger partial charge in [0.25, 0.3) is 0 Å². The van der Waals surface area contributed by atoms with Crippen molar-refractivity contribution < 1.29 is 37.9 Å². The monoisotopic (exact) mass is 696 g/mol. The van der Waals surface area contributed by atoms with Crippen LogP contribution in [0, 0.1) is 0 Å². The third kappa shape index (κ3) is 36.8. The van der Waals surface area contributed by atoms with Crippen LogP contribution in [0.25, 0.3) is 0 Å². The van der Waals surface area contributed by atoms with Gasteiger partial charge in [-0.05, 0) is 77.0 Å². The van der Waals surface area contributed by atoms with Gasteiger partial charge in [0.05, 0.1) is 6.61 Å². The fourth-order valence-corrected chi connectivity index (χ4v) is 5.32. The van der Waals surface area contributed by atoms with Crippen molar-refractivity contribution in [3.8, 4) is 0 Å². The molecule has 0 bridgehead atoms. The molecule has 278 valence electrons. The molecular formula is C39H69O8P. The average molecular weight is 697 g/mol. The number of rotatable bonds is 34. The van der Waals surface area contributed by atoms with E-state index in [0.717, 1.165) is 77.0 Å². The summed E-state index contributed by atoms with van der Waals surface area (Å²) >= 11 is 0. The van der Waals surface area contributed by atoms with Gasteiger partial charge in [0, 0.05) is 12.8 Å². The van der Waals surface area contributed by atoms with Crippen molar-refractivity contribution in [3.63, 3.8) is 0 Å². The second-order valence-electron chi connectivity index (χ2n) is 12.5. The van der Waals surface area contributed by atoms with Crippen LogP contribution < -0.4 is 0 Å². The number of carbonyl (C=O) groups is 2. The van der Waals surface area contributed by atoms with Gasteiger partial charge in [-0.15, -0.1) is 0 Å². The molecule has 9 heteroatoms. The van der Waals surface area contributed by atoms with E-state index in [1.54, 1.807) is 0 Å². The molecule has 8 nitrogen and oxygen atoms in total. The zero-order valence-corrected chi connectivity index (χ0v) is 31.3. The third-order valence-electron chi connectivity index (χ3n) is 7.82. The van der Waals surface area contributed by atoms with Crippen LogP contribution in [-0.4, -0.2) is 41.0 Å². The second kappa shape index (κ2) is 34.9. The highest BCUT2D eigenvalue weighted by atomic mass is 31.2. The van der Waals surface area contributed by atoms with Gasteiger partial charge in [-0.2, -0.15) is 0 Å². The summed E-state index contributed by atoms with van der Waals surface area (Å²) < 4.78 is 26.3. The number of allylic oxidation sites excluding steroid dienone is 8. The Labute approximate surface area is 293 Å². The lowest BCUT2D eigenvalue weighted by Gasteiger charge is -2.18. The quantitative estimate of drug-likeness (QED) is 0.0295. The van der Waals surface area contributed by atoms with Gasteiger partial charge in [-0.1, -0.05) is 127 Å².